The van der Waals surface area contributed by atoms with Gasteiger partial charge in [0.25, 0.3) is 0 Å². The molecule has 0 aromatic heterocycles. The number of carbonyl (C=O) groups is 2. The molecule has 0 saturated heterocycles. The van der Waals surface area contributed by atoms with Gasteiger partial charge in [0.15, 0.2) is 0 Å². The standard InChI is InChI=1S/C14H14BrNO3/c1-2-4-12(14(18)19)16-13(17)8-7-10-5-3-6-11(15)9-10/h2-3,5-9,12H,1,4H2,(H,16,17)(H,18,19)/b8-7+. The molecule has 1 amide bonds. The quantitative estimate of drug-likeness (QED) is 0.624. The predicted molar refractivity (Wildman–Crippen MR) is 77.6 cm³/mol. The Morgan fingerprint density at radius 2 is 2.21 bits per heavy atom. The van der Waals surface area contributed by atoms with E-state index in [1.54, 1.807) is 6.08 Å². The lowest BCUT2D eigenvalue weighted by molar-refractivity contribution is -0.141. The molecule has 0 radical (unpaired) electrons. The third-order valence-electron chi connectivity index (χ3n) is 2.29. The van der Waals surface area contributed by atoms with E-state index in [9.17, 15) is 9.59 Å². The van der Waals surface area contributed by atoms with Crippen LogP contribution in [0.1, 0.15) is 12.0 Å². The number of nitrogens with one attached hydrogen (secondary N) is 1. The van der Waals surface area contributed by atoms with Crippen LogP contribution in [0.3, 0.4) is 0 Å². The maximum Gasteiger partial charge on any atom is 0.326 e. The second-order valence-corrected chi connectivity index (χ2v) is 4.73. The van der Waals surface area contributed by atoms with Crippen LogP contribution in [0, 0.1) is 0 Å². The van der Waals surface area contributed by atoms with Gasteiger partial charge in [-0.15, -0.1) is 6.58 Å². The molecule has 1 aromatic carbocycles. The molecule has 0 aliphatic rings. The first-order valence-electron chi connectivity index (χ1n) is 5.60. The topological polar surface area (TPSA) is 66.4 Å². The summed E-state index contributed by atoms with van der Waals surface area (Å²) in [5, 5.41) is 11.3. The lowest BCUT2D eigenvalue weighted by Gasteiger charge is -2.10. The summed E-state index contributed by atoms with van der Waals surface area (Å²) in [4.78, 5) is 22.4. The van der Waals surface area contributed by atoms with E-state index in [0.29, 0.717) is 0 Å². The van der Waals surface area contributed by atoms with Crippen LogP contribution in [0.5, 0.6) is 0 Å². The van der Waals surface area contributed by atoms with Gasteiger partial charge < -0.3 is 10.4 Å². The Balaban J connectivity index is 2.64. The highest BCUT2D eigenvalue weighted by Crippen LogP contribution is 2.12. The summed E-state index contributed by atoms with van der Waals surface area (Å²) in [6.45, 7) is 3.46. The van der Waals surface area contributed by atoms with Gasteiger partial charge in [0.05, 0.1) is 0 Å². The zero-order chi connectivity index (χ0) is 14.3. The van der Waals surface area contributed by atoms with Gasteiger partial charge in [0.2, 0.25) is 5.91 Å². The summed E-state index contributed by atoms with van der Waals surface area (Å²) in [5.41, 5.74) is 0.847. The third-order valence-corrected chi connectivity index (χ3v) is 2.79. The van der Waals surface area contributed by atoms with E-state index in [0.717, 1.165) is 10.0 Å². The Morgan fingerprint density at radius 3 is 2.79 bits per heavy atom. The monoisotopic (exact) mass is 323 g/mol. The zero-order valence-electron chi connectivity index (χ0n) is 10.2. The Kier molecular flexibility index (Phi) is 6.02. The van der Waals surface area contributed by atoms with E-state index in [2.05, 4.69) is 27.8 Å². The molecular weight excluding hydrogens is 310 g/mol. The molecule has 1 rings (SSSR count). The van der Waals surface area contributed by atoms with E-state index >= 15 is 0 Å². The third kappa shape index (κ3) is 5.52. The molecule has 0 aliphatic heterocycles. The van der Waals surface area contributed by atoms with E-state index in [4.69, 9.17) is 5.11 Å². The number of carbonyl (C=O) groups excluding carboxylic acids is 1. The summed E-state index contributed by atoms with van der Waals surface area (Å²) in [7, 11) is 0. The smallest absolute Gasteiger partial charge is 0.326 e. The summed E-state index contributed by atoms with van der Waals surface area (Å²) < 4.78 is 0.908. The molecular formula is C14H14BrNO3. The molecule has 4 nitrogen and oxygen atoms in total. The molecule has 0 bridgehead atoms. The largest absolute Gasteiger partial charge is 0.480 e. The van der Waals surface area contributed by atoms with E-state index in [-0.39, 0.29) is 6.42 Å². The maximum atomic E-state index is 11.6. The number of carboxylic acid groups (broad SMARTS) is 1. The minimum atomic E-state index is -1.08. The molecule has 0 heterocycles. The van der Waals surface area contributed by atoms with E-state index in [1.165, 1.54) is 12.2 Å². The summed E-state index contributed by atoms with van der Waals surface area (Å²) in [6, 6.07) is 6.47. The van der Waals surface area contributed by atoms with Crippen LogP contribution >= 0.6 is 15.9 Å². The van der Waals surface area contributed by atoms with Crippen molar-refractivity contribution in [3.8, 4) is 0 Å². The molecule has 100 valence electrons. The van der Waals surface area contributed by atoms with E-state index < -0.39 is 17.9 Å². The Labute approximate surface area is 120 Å². The van der Waals surface area contributed by atoms with Gasteiger partial charge in [0.1, 0.15) is 6.04 Å². The molecule has 1 atom stereocenters. The van der Waals surface area contributed by atoms with Crippen molar-refractivity contribution in [2.24, 2.45) is 0 Å². The van der Waals surface area contributed by atoms with Gasteiger partial charge in [-0.2, -0.15) is 0 Å². The number of aliphatic carboxylic acids is 1. The van der Waals surface area contributed by atoms with Crippen LogP contribution in [0.15, 0.2) is 47.5 Å². The fourth-order valence-corrected chi connectivity index (χ4v) is 1.81. The van der Waals surface area contributed by atoms with Crippen LogP contribution in [0.25, 0.3) is 6.08 Å². The summed E-state index contributed by atoms with van der Waals surface area (Å²) in [6.07, 6.45) is 4.57. The molecule has 0 fully saturated rings. The Bertz CT molecular complexity index is 511. The average molecular weight is 324 g/mol. The minimum absolute atomic E-state index is 0.186. The molecule has 5 heteroatoms. The lowest BCUT2D eigenvalue weighted by Crippen LogP contribution is -2.39. The fraction of sp³-hybridized carbons (Fsp3) is 0.143. The number of hydrogen-bond donors (Lipinski definition) is 2. The molecule has 0 saturated carbocycles. The van der Waals surface area contributed by atoms with Crippen molar-refractivity contribution < 1.29 is 14.7 Å². The van der Waals surface area contributed by atoms with Crippen molar-refractivity contribution in [1.29, 1.82) is 0 Å². The summed E-state index contributed by atoms with van der Waals surface area (Å²) >= 11 is 3.33. The van der Waals surface area contributed by atoms with Gasteiger partial charge >= 0.3 is 5.97 Å². The average Bonchev–Trinajstić information content (AvgIpc) is 2.36. The molecule has 1 aromatic rings. The van der Waals surface area contributed by atoms with Gasteiger partial charge in [-0.3, -0.25) is 4.79 Å². The van der Waals surface area contributed by atoms with Crippen molar-refractivity contribution in [3.05, 3.63) is 53.0 Å². The maximum absolute atomic E-state index is 11.6. The first-order valence-corrected chi connectivity index (χ1v) is 6.40. The molecule has 1 unspecified atom stereocenters. The normalized spacial score (nSPS) is 12.1. The van der Waals surface area contributed by atoms with Crippen molar-refractivity contribution in [2.45, 2.75) is 12.5 Å². The van der Waals surface area contributed by atoms with E-state index in [1.807, 2.05) is 24.3 Å². The van der Waals surface area contributed by atoms with Crippen molar-refractivity contribution >= 4 is 33.9 Å². The Hall–Kier alpha value is -1.88. The van der Waals surface area contributed by atoms with Gasteiger partial charge in [-0.05, 0) is 30.2 Å². The lowest BCUT2D eigenvalue weighted by atomic mass is 10.2. The minimum Gasteiger partial charge on any atom is -0.480 e. The number of benzene rings is 1. The zero-order valence-corrected chi connectivity index (χ0v) is 11.8. The molecule has 2 N–H and O–H groups in total. The van der Waals surface area contributed by atoms with Crippen LogP contribution in [0.2, 0.25) is 0 Å². The van der Waals surface area contributed by atoms with Crippen molar-refractivity contribution in [2.75, 3.05) is 0 Å². The van der Waals surface area contributed by atoms with Gasteiger partial charge in [-0.25, -0.2) is 4.79 Å². The molecule has 0 spiro atoms. The Morgan fingerprint density at radius 1 is 1.47 bits per heavy atom. The van der Waals surface area contributed by atoms with Crippen LogP contribution in [0.4, 0.5) is 0 Å². The number of hydrogen-bond acceptors (Lipinski definition) is 2. The number of amides is 1. The highest BCUT2D eigenvalue weighted by atomic mass is 79.9. The highest BCUT2D eigenvalue weighted by Gasteiger charge is 2.16. The van der Waals surface area contributed by atoms with Crippen LogP contribution < -0.4 is 5.32 Å². The number of rotatable bonds is 6. The van der Waals surface area contributed by atoms with Gasteiger partial charge in [-0.1, -0.05) is 34.1 Å². The first kappa shape index (κ1) is 15.2. The number of halogens is 1. The second-order valence-electron chi connectivity index (χ2n) is 3.81. The van der Waals surface area contributed by atoms with Crippen molar-refractivity contribution in [1.82, 2.24) is 5.32 Å². The predicted octanol–water partition coefficient (Wildman–Crippen LogP) is 2.61. The number of carboxylic acids is 1. The van der Waals surface area contributed by atoms with Crippen molar-refractivity contribution in [3.63, 3.8) is 0 Å². The molecule has 19 heavy (non-hydrogen) atoms. The molecule has 0 aliphatic carbocycles. The van der Waals surface area contributed by atoms with Crippen LogP contribution in [-0.4, -0.2) is 23.0 Å². The fourth-order valence-electron chi connectivity index (χ4n) is 1.39. The van der Waals surface area contributed by atoms with Crippen LogP contribution in [-0.2, 0) is 9.59 Å². The highest BCUT2D eigenvalue weighted by molar-refractivity contribution is 9.10. The second kappa shape index (κ2) is 7.53. The van der Waals surface area contributed by atoms with Gasteiger partial charge in [0, 0.05) is 10.5 Å². The first-order chi connectivity index (χ1) is 9.02. The SMILES string of the molecule is C=CCC(NC(=O)/C=C/c1cccc(Br)c1)C(=O)O. The summed E-state index contributed by atoms with van der Waals surface area (Å²) in [5.74, 6) is -1.53.